The van der Waals surface area contributed by atoms with Crippen LogP contribution in [0.1, 0.15) is 18.2 Å². The molecule has 6 nitrogen and oxygen atoms in total. The van der Waals surface area contributed by atoms with Crippen molar-refractivity contribution in [1.82, 2.24) is 15.0 Å². The van der Waals surface area contributed by atoms with Crippen LogP contribution in [0.4, 0.5) is 0 Å². The highest BCUT2D eigenvalue weighted by atomic mass is 35.5. The molecule has 19 heavy (non-hydrogen) atoms. The van der Waals surface area contributed by atoms with Crippen LogP contribution >= 0.6 is 11.6 Å². The highest BCUT2D eigenvalue weighted by Gasteiger charge is 2.02. The number of nitrogens with two attached hydrogens (primary N) is 1. The van der Waals surface area contributed by atoms with Crippen LogP contribution < -0.4 is 5.73 Å². The summed E-state index contributed by atoms with van der Waals surface area (Å²) in [5, 5.41) is 8.19. The maximum atomic E-state index is 5.76. The Bertz CT molecular complexity index is 623. The van der Waals surface area contributed by atoms with Gasteiger partial charge in [-0.25, -0.2) is 4.98 Å². The van der Waals surface area contributed by atoms with Crippen molar-refractivity contribution in [2.45, 2.75) is 6.92 Å². The molecule has 0 aliphatic heterocycles. The van der Waals surface area contributed by atoms with Gasteiger partial charge in [-0.15, -0.1) is 5.10 Å². The molecule has 2 aromatic heterocycles. The zero-order valence-electron chi connectivity index (χ0n) is 10.2. The normalized spacial score (nSPS) is 12.5. The van der Waals surface area contributed by atoms with Crippen LogP contribution in [-0.4, -0.2) is 26.5 Å². The molecule has 2 rings (SSSR count). The van der Waals surface area contributed by atoms with Crippen molar-refractivity contribution in [3.05, 3.63) is 53.3 Å². The van der Waals surface area contributed by atoms with Gasteiger partial charge < -0.3 is 5.73 Å². The summed E-state index contributed by atoms with van der Waals surface area (Å²) in [7, 11) is 0. The lowest BCUT2D eigenvalue weighted by atomic mass is 10.2. The van der Waals surface area contributed by atoms with Crippen molar-refractivity contribution in [3.63, 3.8) is 0 Å². The first kappa shape index (κ1) is 13.1. The predicted octanol–water partition coefficient (Wildman–Crippen LogP) is 1.65. The maximum Gasteiger partial charge on any atom is 0.173 e. The minimum atomic E-state index is 0.151. The number of hydrogen-bond acceptors (Lipinski definition) is 5. The lowest BCUT2D eigenvalue weighted by Crippen LogP contribution is -2.15. The molecule has 0 unspecified atom stereocenters. The lowest BCUT2D eigenvalue weighted by Gasteiger charge is -1.99. The first-order valence-corrected chi connectivity index (χ1v) is 5.80. The number of halogens is 1. The van der Waals surface area contributed by atoms with Crippen molar-refractivity contribution >= 4 is 23.1 Å². The van der Waals surface area contributed by atoms with Crippen LogP contribution in [0, 0.1) is 0 Å². The summed E-state index contributed by atoms with van der Waals surface area (Å²) in [4.78, 5) is 11.9. The Hall–Kier alpha value is -2.34. The third kappa shape index (κ3) is 3.56. The zero-order valence-corrected chi connectivity index (χ0v) is 10.9. The van der Waals surface area contributed by atoms with E-state index >= 15 is 0 Å². The van der Waals surface area contributed by atoms with Crippen LogP contribution in [0.25, 0.3) is 0 Å². The van der Waals surface area contributed by atoms with Gasteiger partial charge >= 0.3 is 0 Å². The number of nitrogens with zero attached hydrogens (tertiary/aromatic N) is 5. The molecular formula is C12H11ClN6. The van der Waals surface area contributed by atoms with Gasteiger partial charge in [0.05, 0.1) is 18.1 Å². The molecule has 0 amide bonds. The van der Waals surface area contributed by atoms with Gasteiger partial charge in [-0.1, -0.05) is 17.7 Å². The van der Waals surface area contributed by atoms with E-state index < -0.39 is 0 Å². The number of hydrogen-bond donors (Lipinski definition) is 1. The molecule has 0 aliphatic carbocycles. The van der Waals surface area contributed by atoms with Crippen LogP contribution in [0.5, 0.6) is 0 Å². The molecule has 0 saturated carbocycles. The van der Waals surface area contributed by atoms with Crippen LogP contribution in [-0.2, 0) is 0 Å². The summed E-state index contributed by atoms with van der Waals surface area (Å²) in [6, 6.07) is 3.71. The lowest BCUT2D eigenvalue weighted by molar-refractivity contribution is 1.14. The first-order valence-electron chi connectivity index (χ1n) is 5.43. The van der Waals surface area contributed by atoms with E-state index in [9.17, 15) is 0 Å². The SMILES string of the molecule is C/C(=N/N=C(/N)c1cncc(Cl)n1)c1cccnc1. The maximum absolute atomic E-state index is 5.76. The second-order valence-electron chi connectivity index (χ2n) is 3.64. The minimum absolute atomic E-state index is 0.151. The third-order valence-electron chi connectivity index (χ3n) is 2.25. The smallest absolute Gasteiger partial charge is 0.173 e. The van der Waals surface area contributed by atoms with Crippen LogP contribution in [0.3, 0.4) is 0 Å². The summed E-state index contributed by atoms with van der Waals surface area (Å²) in [6.07, 6.45) is 6.28. The second kappa shape index (κ2) is 6.01. The quantitative estimate of drug-likeness (QED) is 0.523. The van der Waals surface area contributed by atoms with Gasteiger partial charge in [0.25, 0.3) is 0 Å². The van der Waals surface area contributed by atoms with Crippen LogP contribution in [0.2, 0.25) is 5.15 Å². The molecule has 0 radical (unpaired) electrons. The van der Waals surface area contributed by atoms with E-state index in [0.29, 0.717) is 11.4 Å². The Kier molecular flexibility index (Phi) is 4.15. The standard InChI is InChI=1S/C12H11ClN6/c1-8(9-3-2-4-15-5-9)18-19-12(14)10-6-16-7-11(13)17-10/h2-7H,1H3,(H2,14,19)/b18-8-. The summed E-state index contributed by atoms with van der Waals surface area (Å²) in [6.45, 7) is 1.82. The summed E-state index contributed by atoms with van der Waals surface area (Å²) < 4.78 is 0. The molecule has 2 heterocycles. The monoisotopic (exact) mass is 274 g/mol. The van der Waals surface area contributed by atoms with E-state index in [2.05, 4.69) is 25.2 Å². The molecule has 2 N–H and O–H groups in total. The molecule has 0 aromatic carbocycles. The Morgan fingerprint density at radius 2 is 2.05 bits per heavy atom. The van der Waals surface area contributed by atoms with Gasteiger partial charge in [0.15, 0.2) is 5.84 Å². The van der Waals surface area contributed by atoms with E-state index in [1.807, 2.05) is 19.1 Å². The highest BCUT2D eigenvalue weighted by molar-refractivity contribution is 6.29. The number of amidine groups is 1. The Morgan fingerprint density at radius 1 is 1.21 bits per heavy atom. The second-order valence-corrected chi connectivity index (χ2v) is 4.03. The molecule has 0 aliphatic rings. The van der Waals surface area contributed by atoms with Crippen molar-refractivity contribution in [2.75, 3.05) is 0 Å². The minimum Gasteiger partial charge on any atom is -0.380 e. The molecule has 7 heteroatoms. The van der Waals surface area contributed by atoms with E-state index in [-0.39, 0.29) is 11.0 Å². The number of rotatable bonds is 3. The predicted molar refractivity (Wildman–Crippen MR) is 74.2 cm³/mol. The number of pyridine rings is 1. The third-order valence-corrected chi connectivity index (χ3v) is 2.44. The van der Waals surface area contributed by atoms with Gasteiger partial charge in [-0.05, 0) is 13.0 Å². The first-order chi connectivity index (χ1) is 9.16. The molecule has 0 bridgehead atoms. The topological polar surface area (TPSA) is 89.4 Å². The van der Waals surface area contributed by atoms with Gasteiger partial charge in [-0.3, -0.25) is 9.97 Å². The van der Waals surface area contributed by atoms with E-state index in [4.69, 9.17) is 17.3 Å². The zero-order chi connectivity index (χ0) is 13.7. The molecule has 2 aromatic rings. The average Bonchev–Trinajstić information content (AvgIpc) is 2.45. The fraction of sp³-hybridized carbons (Fsp3) is 0.0833. The fourth-order valence-electron chi connectivity index (χ4n) is 1.28. The molecular weight excluding hydrogens is 264 g/mol. The summed E-state index contributed by atoms with van der Waals surface area (Å²) in [5.74, 6) is 0.151. The van der Waals surface area contributed by atoms with Gasteiger partial charge in [-0.2, -0.15) is 5.10 Å². The summed E-state index contributed by atoms with van der Waals surface area (Å²) >= 11 is 5.72. The van der Waals surface area contributed by atoms with Crippen molar-refractivity contribution < 1.29 is 0 Å². The van der Waals surface area contributed by atoms with E-state index in [1.165, 1.54) is 12.4 Å². The molecule has 0 atom stereocenters. The largest absolute Gasteiger partial charge is 0.380 e. The van der Waals surface area contributed by atoms with E-state index in [1.54, 1.807) is 12.4 Å². The van der Waals surface area contributed by atoms with Gasteiger partial charge in [0.1, 0.15) is 10.8 Å². The van der Waals surface area contributed by atoms with Gasteiger partial charge in [0.2, 0.25) is 0 Å². The Labute approximate surface area is 115 Å². The fourth-order valence-corrected chi connectivity index (χ4v) is 1.43. The Balaban J connectivity index is 2.22. The molecule has 0 saturated heterocycles. The molecule has 96 valence electrons. The van der Waals surface area contributed by atoms with Crippen molar-refractivity contribution in [3.8, 4) is 0 Å². The Morgan fingerprint density at radius 3 is 2.74 bits per heavy atom. The van der Waals surface area contributed by atoms with Crippen LogP contribution in [0.15, 0.2) is 47.1 Å². The van der Waals surface area contributed by atoms with E-state index in [0.717, 1.165) is 5.56 Å². The van der Waals surface area contributed by atoms with Crippen molar-refractivity contribution in [2.24, 2.45) is 15.9 Å². The average molecular weight is 275 g/mol. The van der Waals surface area contributed by atoms with Gasteiger partial charge in [0, 0.05) is 18.0 Å². The molecule has 0 spiro atoms. The molecule has 0 fully saturated rings. The highest BCUT2D eigenvalue weighted by Crippen LogP contribution is 2.03. The summed E-state index contributed by atoms with van der Waals surface area (Å²) in [5.41, 5.74) is 7.71. The number of aromatic nitrogens is 3. The van der Waals surface area contributed by atoms with Crippen molar-refractivity contribution in [1.29, 1.82) is 0 Å².